The van der Waals surface area contributed by atoms with E-state index in [0.717, 1.165) is 17.5 Å². The van der Waals surface area contributed by atoms with Gasteiger partial charge in [0.1, 0.15) is 0 Å². The van der Waals surface area contributed by atoms with E-state index in [1.54, 1.807) is 24.3 Å². The van der Waals surface area contributed by atoms with Gasteiger partial charge in [-0.1, -0.05) is 55.5 Å². The van der Waals surface area contributed by atoms with Crippen molar-refractivity contribution in [3.63, 3.8) is 0 Å². The van der Waals surface area contributed by atoms with Crippen LogP contribution in [-0.2, 0) is 16.0 Å². The molecule has 2 aromatic carbocycles. The Kier molecular flexibility index (Phi) is 4.84. The summed E-state index contributed by atoms with van der Waals surface area (Å²) in [7, 11) is 0. The summed E-state index contributed by atoms with van der Waals surface area (Å²) in [6, 6.07) is 14.9. The molecule has 0 fully saturated rings. The minimum Gasteiger partial charge on any atom is -0.475 e. The van der Waals surface area contributed by atoms with Gasteiger partial charge in [-0.3, -0.25) is 9.59 Å². The largest absolute Gasteiger partial charge is 0.475 e. The van der Waals surface area contributed by atoms with Crippen molar-refractivity contribution in [1.29, 1.82) is 0 Å². The number of Topliss-reactive ketones (excluding diaryl/α,β-unsaturated/α-hetero) is 2. The van der Waals surface area contributed by atoms with E-state index in [1.807, 2.05) is 12.1 Å². The summed E-state index contributed by atoms with van der Waals surface area (Å²) in [5.41, 5.74) is 3.59. The number of rotatable bonds is 6. The van der Waals surface area contributed by atoms with Crippen LogP contribution in [0.5, 0.6) is 0 Å². The monoisotopic (exact) mass is 296 g/mol. The number of aryl methyl sites for hydroxylation is 1. The second-order valence-corrected chi connectivity index (χ2v) is 4.96. The van der Waals surface area contributed by atoms with Gasteiger partial charge in [-0.05, 0) is 23.1 Å². The van der Waals surface area contributed by atoms with Crippen LogP contribution < -0.4 is 0 Å². The Balaban J connectivity index is 2.17. The molecule has 0 amide bonds. The van der Waals surface area contributed by atoms with Crippen LogP contribution in [0.4, 0.5) is 0 Å². The topological polar surface area (TPSA) is 71.4 Å². The summed E-state index contributed by atoms with van der Waals surface area (Å²) in [6.07, 6.45) is 0.335. The zero-order chi connectivity index (χ0) is 16.1. The molecule has 1 N–H and O–H groups in total. The molecule has 112 valence electrons. The van der Waals surface area contributed by atoms with Gasteiger partial charge in [0.25, 0.3) is 0 Å². The molecule has 0 saturated carbocycles. The minimum absolute atomic E-state index is 0.338. The third-order valence-corrected chi connectivity index (χ3v) is 3.44. The van der Waals surface area contributed by atoms with Crippen LogP contribution in [0.2, 0.25) is 0 Å². The molecule has 22 heavy (non-hydrogen) atoms. The number of carboxylic acid groups (broad SMARTS) is 1. The molecule has 0 aliphatic rings. The van der Waals surface area contributed by atoms with Crippen LogP contribution in [0.25, 0.3) is 11.1 Å². The summed E-state index contributed by atoms with van der Waals surface area (Å²) >= 11 is 0. The van der Waals surface area contributed by atoms with E-state index in [-0.39, 0.29) is 0 Å². The fourth-order valence-electron chi connectivity index (χ4n) is 2.14. The van der Waals surface area contributed by atoms with Crippen molar-refractivity contribution in [3.05, 3.63) is 59.7 Å². The number of carboxylic acids is 1. The molecule has 0 bridgehead atoms. The van der Waals surface area contributed by atoms with E-state index >= 15 is 0 Å². The van der Waals surface area contributed by atoms with Crippen molar-refractivity contribution in [1.82, 2.24) is 0 Å². The normalized spacial score (nSPS) is 10.2. The molecule has 0 aliphatic carbocycles. The maximum atomic E-state index is 11.8. The molecular weight excluding hydrogens is 280 g/mol. The standard InChI is InChI=1S/C18H16O4/c1-2-12-4-3-5-15(10-12)13-6-8-14(9-7-13)16(19)11-17(20)18(21)22/h3-10H,2,11H2,1H3,(H,21,22). The highest BCUT2D eigenvalue weighted by Gasteiger charge is 2.17. The van der Waals surface area contributed by atoms with Crippen molar-refractivity contribution in [2.75, 3.05) is 0 Å². The second kappa shape index (κ2) is 6.80. The molecule has 2 rings (SSSR count). The van der Waals surface area contributed by atoms with Gasteiger partial charge in [0.15, 0.2) is 5.78 Å². The first kappa shape index (κ1) is 15.6. The molecule has 4 heteroatoms. The number of benzene rings is 2. The summed E-state index contributed by atoms with van der Waals surface area (Å²) < 4.78 is 0. The number of aliphatic carboxylic acids is 1. The Morgan fingerprint density at radius 1 is 0.955 bits per heavy atom. The lowest BCUT2D eigenvalue weighted by molar-refractivity contribution is -0.148. The molecular formula is C18H16O4. The van der Waals surface area contributed by atoms with Crippen LogP contribution in [0.15, 0.2) is 48.5 Å². The minimum atomic E-state index is -1.58. The molecule has 0 radical (unpaired) electrons. The smallest absolute Gasteiger partial charge is 0.372 e. The molecule has 0 saturated heterocycles. The van der Waals surface area contributed by atoms with E-state index in [9.17, 15) is 14.4 Å². The van der Waals surface area contributed by atoms with Gasteiger partial charge in [0.2, 0.25) is 5.78 Å². The lowest BCUT2D eigenvalue weighted by Gasteiger charge is -2.05. The summed E-state index contributed by atoms with van der Waals surface area (Å²) in [5, 5.41) is 8.52. The molecule has 0 unspecified atom stereocenters. The van der Waals surface area contributed by atoms with E-state index in [2.05, 4.69) is 19.1 Å². The first-order valence-corrected chi connectivity index (χ1v) is 7.00. The third-order valence-electron chi connectivity index (χ3n) is 3.44. The van der Waals surface area contributed by atoms with E-state index in [0.29, 0.717) is 5.56 Å². The van der Waals surface area contributed by atoms with Crippen LogP contribution >= 0.6 is 0 Å². The highest BCUT2D eigenvalue weighted by Crippen LogP contribution is 2.21. The number of hydrogen-bond acceptors (Lipinski definition) is 3. The van der Waals surface area contributed by atoms with Gasteiger partial charge >= 0.3 is 5.97 Å². The first-order valence-electron chi connectivity index (χ1n) is 7.00. The molecule has 0 heterocycles. The predicted molar refractivity (Wildman–Crippen MR) is 82.8 cm³/mol. The Bertz CT molecular complexity index is 714. The lowest BCUT2D eigenvalue weighted by atomic mass is 9.99. The molecule has 2 aromatic rings. The van der Waals surface area contributed by atoms with E-state index in [4.69, 9.17) is 5.11 Å². The van der Waals surface area contributed by atoms with Crippen LogP contribution in [0, 0.1) is 0 Å². The maximum absolute atomic E-state index is 11.8. The highest BCUT2D eigenvalue weighted by atomic mass is 16.4. The molecule has 0 atom stereocenters. The number of hydrogen-bond donors (Lipinski definition) is 1. The Morgan fingerprint density at radius 3 is 2.23 bits per heavy atom. The van der Waals surface area contributed by atoms with Crippen LogP contribution in [0.1, 0.15) is 29.3 Å². The SMILES string of the molecule is CCc1cccc(-c2ccc(C(=O)CC(=O)C(=O)O)cc2)c1. The summed E-state index contributed by atoms with van der Waals surface area (Å²) in [5.74, 6) is -3.16. The Morgan fingerprint density at radius 2 is 1.64 bits per heavy atom. The van der Waals surface area contributed by atoms with E-state index < -0.39 is 24.0 Å². The molecule has 4 nitrogen and oxygen atoms in total. The molecule has 0 aliphatic heterocycles. The first-order chi connectivity index (χ1) is 10.5. The van der Waals surface area contributed by atoms with E-state index in [1.165, 1.54) is 5.56 Å². The predicted octanol–water partition coefficient (Wildman–Crippen LogP) is 3.14. The number of carbonyl (C=O) groups is 3. The van der Waals surface area contributed by atoms with Crippen molar-refractivity contribution in [3.8, 4) is 11.1 Å². The fraction of sp³-hybridized carbons (Fsp3) is 0.167. The van der Waals surface area contributed by atoms with Gasteiger partial charge in [-0.2, -0.15) is 0 Å². The van der Waals surface area contributed by atoms with Crippen molar-refractivity contribution < 1.29 is 19.5 Å². The van der Waals surface area contributed by atoms with Crippen molar-refractivity contribution >= 4 is 17.5 Å². The van der Waals surface area contributed by atoms with Crippen LogP contribution in [-0.4, -0.2) is 22.6 Å². The van der Waals surface area contributed by atoms with Crippen LogP contribution in [0.3, 0.4) is 0 Å². The third kappa shape index (κ3) is 3.67. The van der Waals surface area contributed by atoms with Gasteiger partial charge in [0, 0.05) is 5.56 Å². The van der Waals surface area contributed by atoms with Gasteiger partial charge in [-0.25, -0.2) is 4.79 Å². The quantitative estimate of drug-likeness (QED) is 0.505. The lowest BCUT2D eigenvalue weighted by Crippen LogP contribution is -2.17. The zero-order valence-corrected chi connectivity index (χ0v) is 12.2. The van der Waals surface area contributed by atoms with Gasteiger partial charge < -0.3 is 5.11 Å². The zero-order valence-electron chi connectivity index (χ0n) is 12.2. The summed E-state index contributed by atoms with van der Waals surface area (Å²) in [4.78, 5) is 33.4. The van der Waals surface area contributed by atoms with Gasteiger partial charge in [-0.15, -0.1) is 0 Å². The Labute approximate surface area is 128 Å². The fourth-order valence-corrected chi connectivity index (χ4v) is 2.14. The van der Waals surface area contributed by atoms with Crippen molar-refractivity contribution in [2.45, 2.75) is 19.8 Å². The number of carbonyl (C=O) groups excluding carboxylic acids is 2. The average Bonchev–Trinajstić information content (AvgIpc) is 2.54. The molecule has 0 aromatic heterocycles. The summed E-state index contributed by atoms with van der Waals surface area (Å²) in [6.45, 7) is 2.08. The maximum Gasteiger partial charge on any atom is 0.372 e. The Hall–Kier alpha value is -2.75. The molecule has 0 spiro atoms. The average molecular weight is 296 g/mol. The van der Waals surface area contributed by atoms with Crippen molar-refractivity contribution in [2.24, 2.45) is 0 Å². The number of ketones is 2. The van der Waals surface area contributed by atoms with Gasteiger partial charge in [0.05, 0.1) is 6.42 Å². The second-order valence-electron chi connectivity index (χ2n) is 4.96. The highest BCUT2D eigenvalue weighted by molar-refractivity contribution is 6.37.